The van der Waals surface area contributed by atoms with Crippen molar-refractivity contribution >= 4 is 0 Å². The van der Waals surface area contributed by atoms with Crippen molar-refractivity contribution in [2.24, 2.45) is 0 Å². The summed E-state index contributed by atoms with van der Waals surface area (Å²) in [5.74, 6) is 4.26. The van der Waals surface area contributed by atoms with Crippen LogP contribution in [0.3, 0.4) is 0 Å². The molecule has 0 rings (SSSR count). The fourth-order valence-corrected chi connectivity index (χ4v) is 0.745. The molecule has 0 aliphatic carbocycles. The van der Waals surface area contributed by atoms with E-state index in [4.69, 9.17) is 0 Å². The minimum atomic E-state index is -0.583. The molecule has 0 nitrogen and oxygen atoms in total. The number of allylic oxidation sites excluding steroid dienone is 6. The molecule has 0 spiro atoms. The topological polar surface area (TPSA) is 0 Å². The molecule has 0 heterocycles. The molecular formula is C12H14F2. The second kappa shape index (κ2) is 6.15. The lowest BCUT2D eigenvalue weighted by atomic mass is 10.1. The van der Waals surface area contributed by atoms with E-state index in [0.29, 0.717) is 5.57 Å². The molecule has 0 unspecified atom stereocenters. The minimum Gasteiger partial charge on any atom is -0.212 e. The molecule has 0 saturated carbocycles. The van der Waals surface area contributed by atoms with Crippen LogP contribution in [0, 0.1) is 11.8 Å². The maximum atomic E-state index is 13.3. The Bertz CT molecular complexity index is 342. The van der Waals surface area contributed by atoms with Gasteiger partial charge in [-0.1, -0.05) is 12.0 Å². The zero-order valence-corrected chi connectivity index (χ0v) is 8.91. The average molecular weight is 196 g/mol. The van der Waals surface area contributed by atoms with Gasteiger partial charge in [0.15, 0.2) is 0 Å². The van der Waals surface area contributed by atoms with E-state index in [9.17, 15) is 8.78 Å². The molecule has 0 bridgehead atoms. The lowest BCUT2D eigenvalue weighted by Gasteiger charge is -1.97. The van der Waals surface area contributed by atoms with Crippen LogP contribution in [0.25, 0.3) is 0 Å². The fourth-order valence-electron chi connectivity index (χ4n) is 0.745. The van der Waals surface area contributed by atoms with Crippen molar-refractivity contribution in [2.75, 3.05) is 0 Å². The molecule has 0 aromatic rings. The third kappa shape index (κ3) is 4.04. The van der Waals surface area contributed by atoms with E-state index < -0.39 is 11.7 Å². The van der Waals surface area contributed by atoms with E-state index in [2.05, 4.69) is 11.8 Å². The van der Waals surface area contributed by atoms with E-state index in [-0.39, 0.29) is 5.57 Å². The van der Waals surface area contributed by atoms with Gasteiger partial charge in [-0.2, -0.15) is 0 Å². The highest BCUT2D eigenvalue weighted by atomic mass is 19.1. The highest BCUT2D eigenvalue weighted by Gasteiger charge is 2.02. The van der Waals surface area contributed by atoms with Crippen molar-refractivity contribution in [1.29, 1.82) is 0 Å². The first kappa shape index (κ1) is 12.6. The molecule has 0 radical (unpaired) electrons. The molecule has 76 valence electrons. The lowest BCUT2D eigenvalue weighted by Crippen LogP contribution is -1.82. The third-order valence-corrected chi connectivity index (χ3v) is 1.74. The second-order valence-corrected chi connectivity index (χ2v) is 2.77. The maximum Gasteiger partial charge on any atom is 0.129 e. The predicted molar refractivity (Wildman–Crippen MR) is 55.9 cm³/mol. The third-order valence-electron chi connectivity index (χ3n) is 1.74. The molecule has 0 fully saturated rings. The summed E-state index contributed by atoms with van der Waals surface area (Å²) in [4.78, 5) is 0. The van der Waals surface area contributed by atoms with Crippen LogP contribution < -0.4 is 0 Å². The van der Waals surface area contributed by atoms with Crippen molar-refractivity contribution in [3.63, 3.8) is 0 Å². The molecular weight excluding hydrogens is 182 g/mol. The van der Waals surface area contributed by atoms with Gasteiger partial charge in [-0.05, 0) is 33.8 Å². The molecule has 0 saturated heterocycles. The lowest BCUT2D eigenvalue weighted by molar-refractivity contribution is 0.595. The number of halogens is 2. The highest BCUT2D eigenvalue weighted by molar-refractivity contribution is 5.42. The van der Waals surface area contributed by atoms with Crippen molar-refractivity contribution < 1.29 is 8.78 Å². The maximum absolute atomic E-state index is 13.3. The van der Waals surface area contributed by atoms with Crippen molar-refractivity contribution in [3.05, 3.63) is 35.0 Å². The van der Waals surface area contributed by atoms with E-state index >= 15 is 0 Å². The van der Waals surface area contributed by atoms with Crippen LogP contribution in [0.15, 0.2) is 35.0 Å². The Labute approximate surface area is 84.0 Å². The summed E-state index contributed by atoms with van der Waals surface area (Å²) in [5, 5.41) is 0. The van der Waals surface area contributed by atoms with Gasteiger partial charge in [0.1, 0.15) is 11.7 Å². The molecule has 0 aliphatic heterocycles. The minimum absolute atomic E-state index is 0.0160. The first-order chi connectivity index (χ1) is 6.52. The molecule has 0 aromatic carbocycles. The Balaban J connectivity index is 5.00. The van der Waals surface area contributed by atoms with Crippen LogP contribution in [0.5, 0.6) is 0 Å². The highest BCUT2D eigenvalue weighted by Crippen LogP contribution is 2.17. The molecule has 0 aromatic heterocycles. The van der Waals surface area contributed by atoms with Gasteiger partial charge in [-0.15, -0.1) is 5.92 Å². The summed E-state index contributed by atoms with van der Waals surface area (Å²) in [6.07, 6.45) is 2.91. The predicted octanol–water partition coefficient (Wildman–Crippen LogP) is 4.07. The fraction of sp³-hybridized carbons (Fsp3) is 0.333. The quantitative estimate of drug-likeness (QED) is 0.461. The first-order valence-electron chi connectivity index (χ1n) is 4.32. The van der Waals surface area contributed by atoms with E-state index in [1.165, 1.54) is 19.9 Å². The zero-order chi connectivity index (χ0) is 11.1. The van der Waals surface area contributed by atoms with Crippen molar-refractivity contribution in [3.8, 4) is 11.8 Å². The molecule has 0 aliphatic rings. The van der Waals surface area contributed by atoms with Gasteiger partial charge in [0, 0.05) is 11.1 Å². The van der Waals surface area contributed by atoms with Gasteiger partial charge in [0.05, 0.1) is 0 Å². The smallest absolute Gasteiger partial charge is 0.129 e. The van der Waals surface area contributed by atoms with Gasteiger partial charge >= 0.3 is 0 Å². The van der Waals surface area contributed by atoms with Crippen LogP contribution in [0.2, 0.25) is 0 Å². The van der Waals surface area contributed by atoms with Gasteiger partial charge in [-0.3, -0.25) is 0 Å². The van der Waals surface area contributed by atoms with Crippen LogP contribution in [-0.2, 0) is 0 Å². The summed E-state index contributed by atoms with van der Waals surface area (Å²) >= 11 is 0. The number of hydrogen-bond acceptors (Lipinski definition) is 0. The Morgan fingerprint density at radius 3 is 2.14 bits per heavy atom. The van der Waals surface area contributed by atoms with Crippen LogP contribution in [0.4, 0.5) is 8.78 Å². The summed E-state index contributed by atoms with van der Waals surface area (Å²) in [6, 6.07) is 0. The van der Waals surface area contributed by atoms with Gasteiger partial charge in [0.2, 0.25) is 0 Å². The van der Waals surface area contributed by atoms with Gasteiger partial charge in [0.25, 0.3) is 0 Å². The molecule has 14 heavy (non-hydrogen) atoms. The summed E-state index contributed by atoms with van der Waals surface area (Å²) in [7, 11) is 0. The first-order valence-corrected chi connectivity index (χ1v) is 4.32. The SMILES string of the molecule is CC#CC(=C/C)/C=C(F)\C(C)=C(/C)F. The van der Waals surface area contributed by atoms with Crippen molar-refractivity contribution in [2.45, 2.75) is 27.7 Å². The summed E-state index contributed by atoms with van der Waals surface area (Å²) in [5.41, 5.74) is 0.563. The Kier molecular flexibility index (Phi) is 5.55. The number of hydrogen-bond donors (Lipinski definition) is 0. The summed E-state index contributed by atoms with van der Waals surface area (Å²) < 4.78 is 25.9. The number of rotatable bonds is 2. The van der Waals surface area contributed by atoms with Gasteiger partial charge < -0.3 is 0 Å². The molecule has 0 atom stereocenters. The van der Waals surface area contributed by atoms with E-state index in [1.54, 1.807) is 19.9 Å². The van der Waals surface area contributed by atoms with E-state index in [0.717, 1.165) is 0 Å². The Hall–Kier alpha value is -1.36. The largest absolute Gasteiger partial charge is 0.212 e. The monoisotopic (exact) mass is 196 g/mol. The summed E-state index contributed by atoms with van der Waals surface area (Å²) in [6.45, 7) is 6.04. The molecule has 0 N–H and O–H groups in total. The second-order valence-electron chi connectivity index (χ2n) is 2.77. The Morgan fingerprint density at radius 1 is 1.21 bits per heavy atom. The standard InChI is InChI=1S/C12H14F2/c1-5-7-11(6-2)8-12(14)9(3)10(4)13/h6,8H,1-4H3/b10-9+,11-6-,12-8+. The Morgan fingerprint density at radius 2 is 1.79 bits per heavy atom. The van der Waals surface area contributed by atoms with Crippen LogP contribution in [-0.4, -0.2) is 0 Å². The zero-order valence-electron chi connectivity index (χ0n) is 8.91. The van der Waals surface area contributed by atoms with Crippen LogP contribution in [0.1, 0.15) is 27.7 Å². The molecule has 2 heteroatoms. The van der Waals surface area contributed by atoms with Crippen LogP contribution >= 0.6 is 0 Å². The average Bonchev–Trinajstić information content (AvgIpc) is 2.15. The van der Waals surface area contributed by atoms with Gasteiger partial charge in [-0.25, -0.2) is 8.78 Å². The van der Waals surface area contributed by atoms with E-state index in [1.807, 2.05) is 0 Å². The normalized spacial score (nSPS) is 14.4. The van der Waals surface area contributed by atoms with Crippen molar-refractivity contribution in [1.82, 2.24) is 0 Å². The molecule has 0 amide bonds.